The van der Waals surface area contributed by atoms with Crippen LogP contribution < -0.4 is 5.32 Å². The van der Waals surface area contributed by atoms with Crippen molar-refractivity contribution >= 4 is 22.3 Å². The van der Waals surface area contributed by atoms with Crippen molar-refractivity contribution in [2.24, 2.45) is 4.99 Å². The van der Waals surface area contributed by atoms with Crippen LogP contribution in [0.15, 0.2) is 34.0 Å². The van der Waals surface area contributed by atoms with Crippen molar-refractivity contribution in [3.63, 3.8) is 0 Å². The quantitative estimate of drug-likeness (QED) is 0.754. The van der Waals surface area contributed by atoms with Gasteiger partial charge in [-0.3, -0.25) is 4.99 Å². The largest absolute Gasteiger partial charge is 0.363 e. The molecule has 3 nitrogen and oxygen atoms in total. The maximum Gasteiger partial charge on any atom is 0.124 e. The van der Waals surface area contributed by atoms with E-state index in [-0.39, 0.29) is 6.04 Å². The Morgan fingerprint density at radius 1 is 1.50 bits per heavy atom. The van der Waals surface area contributed by atoms with Gasteiger partial charge in [0.2, 0.25) is 0 Å². The third kappa shape index (κ3) is 1.30. The predicted octanol–water partition coefficient (Wildman–Crippen LogP) is 1.92. The second-order valence-electron chi connectivity index (χ2n) is 2.50. The highest BCUT2D eigenvalue weighted by molar-refractivity contribution is 9.11. The van der Waals surface area contributed by atoms with Crippen LogP contribution >= 0.6 is 15.9 Å². The fourth-order valence-corrected chi connectivity index (χ4v) is 1.62. The number of rotatable bonds is 1. The van der Waals surface area contributed by atoms with Gasteiger partial charge in [0.05, 0.1) is 6.34 Å². The van der Waals surface area contributed by atoms with E-state index < -0.39 is 0 Å². The summed E-state index contributed by atoms with van der Waals surface area (Å²) in [5, 5.41) is 2.91. The molecular weight excluding hydrogens is 218 g/mol. The Bertz CT molecular complexity index is 313. The molecule has 4 heteroatoms. The molecule has 2 heterocycles. The maximum atomic E-state index is 4.27. The van der Waals surface area contributed by atoms with Crippen molar-refractivity contribution in [1.82, 2.24) is 10.3 Å². The molecule has 0 saturated heterocycles. The van der Waals surface area contributed by atoms with Gasteiger partial charge in [0.15, 0.2) is 0 Å². The summed E-state index contributed by atoms with van der Waals surface area (Å²) in [7, 11) is 0. The third-order valence-electron chi connectivity index (χ3n) is 1.70. The van der Waals surface area contributed by atoms with Crippen molar-refractivity contribution in [3.8, 4) is 0 Å². The highest BCUT2D eigenvalue weighted by atomic mass is 79.9. The Morgan fingerprint density at radius 2 is 2.42 bits per heavy atom. The van der Waals surface area contributed by atoms with Crippen molar-refractivity contribution in [2.75, 3.05) is 0 Å². The first-order chi connectivity index (χ1) is 5.88. The molecule has 0 bridgehead atoms. The predicted molar refractivity (Wildman–Crippen MR) is 52.2 cm³/mol. The molecule has 0 radical (unpaired) electrons. The average molecular weight is 226 g/mol. The van der Waals surface area contributed by atoms with Crippen LogP contribution in [0.4, 0.5) is 0 Å². The normalized spacial score (nSPS) is 21.8. The van der Waals surface area contributed by atoms with Crippen molar-refractivity contribution in [3.05, 3.63) is 34.7 Å². The van der Waals surface area contributed by atoms with Gasteiger partial charge < -0.3 is 10.3 Å². The monoisotopic (exact) mass is 225 g/mol. The van der Waals surface area contributed by atoms with E-state index in [2.05, 4.69) is 31.2 Å². The summed E-state index contributed by atoms with van der Waals surface area (Å²) >= 11 is 3.44. The number of hydrogen-bond acceptors (Lipinski definition) is 2. The van der Waals surface area contributed by atoms with Crippen LogP contribution in [-0.4, -0.2) is 11.3 Å². The zero-order valence-corrected chi connectivity index (χ0v) is 7.88. The first-order valence-corrected chi connectivity index (χ1v) is 4.44. The van der Waals surface area contributed by atoms with Gasteiger partial charge >= 0.3 is 0 Å². The Kier molecular flexibility index (Phi) is 1.99. The van der Waals surface area contributed by atoms with Gasteiger partial charge in [0.25, 0.3) is 0 Å². The molecule has 2 N–H and O–H groups in total. The van der Waals surface area contributed by atoms with Crippen LogP contribution in [0, 0.1) is 0 Å². The van der Waals surface area contributed by atoms with Gasteiger partial charge in [-0.2, -0.15) is 0 Å². The second-order valence-corrected chi connectivity index (χ2v) is 3.42. The van der Waals surface area contributed by atoms with Crippen molar-refractivity contribution in [2.45, 2.75) is 6.04 Å². The van der Waals surface area contributed by atoms with E-state index in [4.69, 9.17) is 0 Å². The molecule has 1 aliphatic rings. The summed E-state index contributed by atoms with van der Waals surface area (Å²) in [4.78, 5) is 7.40. The average Bonchev–Trinajstić information content (AvgIpc) is 2.57. The molecule has 0 fully saturated rings. The van der Waals surface area contributed by atoms with Crippen LogP contribution in [0.5, 0.6) is 0 Å². The number of aromatic nitrogens is 1. The van der Waals surface area contributed by atoms with E-state index in [0.717, 1.165) is 10.2 Å². The van der Waals surface area contributed by atoms with Gasteiger partial charge in [-0.25, -0.2) is 0 Å². The summed E-state index contributed by atoms with van der Waals surface area (Å²) < 4.78 is 1.03. The highest BCUT2D eigenvalue weighted by Crippen LogP contribution is 2.29. The molecule has 0 aliphatic carbocycles. The Labute approximate surface area is 78.7 Å². The van der Waals surface area contributed by atoms with Gasteiger partial charge in [-0.15, -0.1) is 0 Å². The van der Waals surface area contributed by atoms with E-state index in [1.165, 1.54) is 0 Å². The molecule has 1 aromatic heterocycles. The first-order valence-electron chi connectivity index (χ1n) is 3.64. The minimum atomic E-state index is 0.0845. The number of hydrogen-bond donors (Lipinski definition) is 2. The van der Waals surface area contributed by atoms with Crippen LogP contribution in [0.3, 0.4) is 0 Å². The van der Waals surface area contributed by atoms with E-state index in [9.17, 15) is 0 Å². The van der Waals surface area contributed by atoms with Gasteiger partial charge in [0.1, 0.15) is 6.04 Å². The molecule has 12 heavy (non-hydrogen) atoms. The standard InChI is InChI=1S/C8H8BrN3/c9-6-4-10-5-12-8(6)7-2-1-3-11-7/h1-5,8,11H,(H,10,12). The van der Waals surface area contributed by atoms with E-state index in [1.807, 2.05) is 24.5 Å². The summed E-state index contributed by atoms with van der Waals surface area (Å²) in [6.07, 6.45) is 5.47. The lowest BCUT2D eigenvalue weighted by Gasteiger charge is -2.13. The lowest BCUT2D eigenvalue weighted by molar-refractivity contribution is 0.842. The zero-order valence-electron chi connectivity index (χ0n) is 6.29. The highest BCUT2D eigenvalue weighted by Gasteiger charge is 2.15. The Balaban J connectivity index is 2.29. The van der Waals surface area contributed by atoms with E-state index >= 15 is 0 Å². The SMILES string of the molecule is BrC1=CNC=NC1c1ccc[nH]1. The fraction of sp³-hybridized carbons (Fsp3) is 0.125. The van der Waals surface area contributed by atoms with Gasteiger partial charge in [-0.1, -0.05) is 15.9 Å². The number of nitrogens with zero attached hydrogens (tertiary/aromatic N) is 1. The summed E-state index contributed by atoms with van der Waals surface area (Å²) in [6.45, 7) is 0. The molecule has 2 rings (SSSR count). The molecule has 0 spiro atoms. The Morgan fingerprint density at radius 3 is 3.08 bits per heavy atom. The van der Waals surface area contributed by atoms with Gasteiger partial charge in [0, 0.05) is 22.6 Å². The molecule has 62 valence electrons. The van der Waals surface area contributed by atoms with Crippen molar-refractivity contribution in [1.29, 1.82) is 0 Å². The summed E-state index contributed by atoms with van der Waals surface area (Å²) in [5.41, 5.74) is 1.09. The number of nitrogens with one attached hydrogen (secondary N) is 2. The van der Waals surface area contributed by atoms with E-state index in [1.54, 1.807) is 6.34 Å². The summed E-state index contributed by atoms with van der Waals surface area (Å²) in [6, 6.07) is 4.07. The van der Waals surface area contributed by atoms with Crippen LogP contribution in [0.25, 0.3) is 0 Å². The van der Waals surface area contributed by atoms with Crippen LogP contribution in [-0.2, 0) is 0 Å². The second kappa shape index (κ2) is 3.15. The number of aliphatic imine (C=N–C) groups is 1. The molecule has 1 aromatic rings. The summed E-state index contributed by atoms with van der Waals surface area (Å²) in [5.74, 6) is 0. The zero-order chi connectivity index (χ0) is 8.39. The number of aromatic amines is 1. The lowest BCUT2D eigenvalue weighted by atomic mass is 10.2. The smallest absolute Gasteiger partial charge is 0.124 e. The molecule has 0 amide bonds. The number of halogens is 1. The molecule has 0 saturated carbocycles. The Hall–Kier alpha value is -1.03. The third-order valence-corrected chi connectivity index (χ3v) is 2.36. The topological polar surface area (TPSA) is 40.2 Å². The molecule has 1 aliphatic heterocycles. The molecule has 0 aromatic carbocycles. The lowest BCUT2D eigenvalue weighted by Crippen LogP contribution is -2.11. The van der Waals surface area contributed by atoms with Gasteiger partial charge in [-0.05, 0) is 12.1 Å². The molecule has 1 atom stereocenters. The van der Waals surface area contributed by atoms with Crippen molar-refractivity contribution < 1.29 is 0 Å². The minimum absolute atomic E-state index is 0.0845. The molecular formula is C8H8BrN3. The molecule has 1 unspecified atom stereocenters. The fourth-order valence-electron chi connectivity index (χ4n) is 1.13. The van der Waals surface area contributed by atoms with E-state index in [0.29, 0.717) is 0 Å². The first kappa shape index (κ1) is 7.61. The maximum absolute atomic E-state index is 4.27. The van der Waals surface area contributed by atoms with Crippen LogP contribution in [0.1, 0.15) is 11.7 Å². The van der Waals surface area contributed by atoms with Crippen LogP contribution in [0.2, 0.25) is 0 Å². The number of H-pyrrole nitrogens is 1. The minimum Gasteiger partial charge on any atom is -0.363 e.